The molecule has 0 saturated heterocycles. The highest BCUT2D eigenvalue weighted by Crippen LogP contribution is 2.32. The Kier molecular flexibility index (Phi) is 7.26. The van der Waals surface area contributed by atoms with E-state index in [0.29, 0.717) is 10.6 Å². The van der Waals surface area contributed by atoms with Crippen molar-refractivity contribution in [2.24, 2.45) is 10.7 Å². The number of rotatable bonds is 7. The Morgan fingerprint density at radius 2 is 1.95 bits per heavy atom. The summed E-state index contributed by atoms with van der Waals surface area (Å²) in [7, 11) is 2.89. The number of hydrogen-bond acceptors (Lipinski definition) is 7. The molecule has 0 saturated carbocycles. The molecule has 0 aromatic heterocycles. The van der Waals surface area contributed by atoms with Crippen LogP contribution in [-0.4, -0.2) is 42.7 Å². The van der Waals surface area contributed by atoms with Crippen LogP contribution in [0.3, 0.4) is 0 Å². The highest BCUT2D eigenvalue weighted by molar-refractivity contribution is 7.99. The molecule has 116 valence electrons. The zero-order valence-electron chi connectivity index (χ0n) is 12.9. The molecule has 0 heterocycles. The highest BCUT2D eigenvalue weighted by Gasteiger charge is 2.37. The molecule has 0 aliphatic heterocycles. The molecule has 0 unspecified atom stereocenters. The fourth-order valence-electron chi connectivity index (χ4n) is 0.841. The number of aliphatic hydroxyl groups is 1. The molecular weight excluding hydrogens is 280 g/mol. The summed E-state index contributed by atoms with van der Waals surface area (Å²) in [6.07, 6.45) is 1.46. The van der Waals surface area contributed by atoms with Gasteiger partial charge < -0.3 is 19.8 Å². The van der Waals surface area contributed by atoms with Crippen molar-refractivity contribution in [3.63, 3.8) is 0 Å². The number of methoxy groups -OCH3 is 1. The molecule has 0 aromatic carbocycles. The van der Waals surface area contributed by atoms with E-state index in [1.165, 1.54) is 13.3 Å². The van der Waals surface area contributed by atoms with Gasteiger partial charge in [-0.15, -0.1) is 0 Å². The monoisotopic (exact) mass is 304 g/mol. The van der Waals surface area contributed by atoms with Crippen LogP contribution in [0.1, 0.15) is 34.1 Å². The summed E-state index contributed by atoms with van der Waals surface area (Å²) in [4.78, 5) is 15.6. The molecule has 0 spiro atoms. The van der Waals surface area contributed by atoms with Gasteiger partial charge in [-0.05, 0) is 27.7 Å². The van der Waals surface area contributed by atoms with E-state index in [1.54, 1.807) is 34.7 Å². The lowest BCUT2D eigenvalue weighted by atomic mass is 9.90. The number of carbonyl (C=O) groups is 1. The Bertz CT molecular complexity index is 398. The lowest BCUT2D eigenvalue weighted by molar-refractivity contribution is -0.139. The van der Waals surface area contributed by atoms with E-state index in [-0.39, 0.29) is 6.42 Å². The maximum Gasteiger partial charge on any atom is 0.311 e. The molecule has 0 radical (unpaired) electrons. The van der Waals surface area contributed by atoms with Crippen molar-refractivity contribution in [1.82, 2.24) is 0 Å². The number of allylic oxidation sites excluding steroid dienone is 1. The largest absolute Gasteiger partial charge is 0.469 e. The average Bonchev–Trinajstić information content (AvgIpc) is 2.32. The van der Waals surface area contributed by atoms with E-state index in [4.69, 9.17) is 9.92 Å². The van der Waals surface area contributed by atoms with Crippen molar-refractivity contribution in [2.45, 2.75) is 45.3 Å². The molecule has 0 aliphatic rings. The quantitative estimate of drug-likeness (QED) is 0.422. The Labute approximate surface area is 124 Å². The van der Waals surface area contributed by atoms with Gasteiger partial charge in [0.25, 0.3) is 0 Å². The first kappa shape index (κ1) is 18.9. The average molecular weight is 304 g/mol. The molecular formula is C13H24N2O4S. The predicted octanol–water partition coefficient (Wildman–Crippen LogP) is 1.63. The number of nitrogens with two attached hydrogens (primary N) is 1. The van der Waals surface area contributed by atoms with Crippen molar-refractivity contribution < 1.29 is 18.8 Å². The summed E-state index contributed by atoms with van der Waals surface area (Å²) in [5.41, 5.74) is 4.30. The third kappa shape index (κ3) is 5.94. The molecule has 0 aliphatic carbocycles. The minimum absolute atomic E-state index is 0.0445. The standard InChI is InChI=1S/C13H24N2O4S/c1-12(2,17)13(3,4)19-20-10(8-15-5)9(14)7-11(16)18-6/h8,17H,7,14H2,1-6H3/b10-9+,15-8?. The van der Waals surface area contributed by atoms with Gasteiger partial charge in [-0.3, -0.25) is 9.79 Å². The van der Waals surface area contributed by atoms with Gasteiger partial charge in [0.15, 0.2) is 0 Å². The Balaban J connectivity index is 4.97. The fourth-order valence-corrected chi connectivity index (χ4v) is 1.67. The normalized spacial score (nSPS) is 14.3. The second kappa shape index (κ2) is 7.66. The molecule has 0 aromatic rings. The number of esters is 1. The van der Waals surface area contributed by atoms with Crippen molar-refractivity contribution in [1.29, 1.82) is 0 Å². The number of hydrogen-bond donors (Lipinski definition) is 2. The van der Waals surface area contributed by atoms with E-state index in [0.717, 1.165) is 12.0 Å². The first-order valence-electron chi connectivity index (χ1n) is 6.10. The van der Waals surface area contributed by atoms with Gasteiger partial charge >= 0.3 is 5.97 Å². The van der Waals surface area contributed by atoms with Crippen molar-refractivity contribution in [3.05, 3.63) is 10.6 Å². The van der Waals surface area contributed by atoms with Crippen molar-refractivity contribution in [2.75, 3.05) is 14.2 Å². The van der Waals surface area contributed by atoms with Crippen LogP contribution in [0.25, 0.3) is 0 Å². The lowest BCUT2D eigenvalue weighted by Crippen LogP contribution is -2.45. The maximum absolute atomic E-state index is 11.2. The first-order chi connectivity index (χ1) is 9.05. The maximum atomic E-state index is 11.2. The molecule has 3 N–H and O–H groups in total. The van der Waals surface area contributed by atoms with Gasteiger partial charge in [-0.2, -0.15) is 0 Å². The number of carbonyl (C=O) groups excluding carboxylic acids is 1. The zero-order chi connectivity index (χ0) is 16.0. The predicted molar refractivity (Wildman–Crippen MR) is 81.3 cm³/mol. The summed E-state index contributed by atoms with van der Waals surface area (Å²) < 4.78 is 10.2. The smallest absolute Gasteiger partial charge is 0.311 e. The Morgan fingerprint density at radius 3 is 2.35 bits per heavy atom. The third-order valence-corrected chi connectivity index (χ3v) is 3.99. The number of nitrogens with zero attached hydrogens (tertiary/aromatic N) is 1. The summed E-state index contributed by atoms with van der Waals surface area (Å²) in [5, 5.41) is 10.0. The Morgan fingerprint density at radius 1 is 1.40 bits per heavy atom. The van der Waals surface area contributed by atoms with Crippen LogP contribution in [0, 0.1) is 0 Å². The number of aliphatic imine (C=N–C) groups is 1. The van der Waals surface area contributed by atoms with Crippen LogP contribution < -0.4 is 5.73 Å². The van der Waals surface area contributed by atoms with E-state index in [1.807, 2.05) is 0 Å². The second-order valence-corrected chi connectivity index (χ2v) is 6.04. The molecule has 0 amide bonds. The van der Waals surface area contributed by atoms with Crippen LogP contribution in [0.15, 0.2) is 15.6 Å². The van der Waals surface area contributed by atoms with E-state index < -0.39 is 17.2 Å². The minimum atomic E-state index is -1.04. The zero-order valence-corrected chi connectivity index (χ0v) is 13.7. The van der Waals surface area contributed by atoms with E-state index in [9.17, 15) is 9.90 Å². The summed E-state index contributed by atoms with van der Waals surface area (Å²) in [6.45, 7) is 6.83. The topological polar surface area (TPSA) is 94.1 Å². The second-order valence-electron chi connectivity index (χ2n) is 5.27. The summed E-state index contributed by atoms with van der Waals surface area (Å²) in [5.74, 6) is -0.438. The molecule has 0 bridgehead atoms. The fraction of sp³-hybridized carbons (Fsp3) is 0.692. The van der Waals surface area contributed by atoms with Crippen LogP contribution in [0.2, 0.25) is 0 Å². The molecule has 0 fully saturated rings. The van der Waals surface area contributed by atoms with Crippen LogP contribution >= 0.6 is 12.0 Å². The van der Waals surface area contributed by atoms with Gasteiger partial charge in [0.2, 0.25) is 0 Å². The molecule has 6 nitrogen and oxygen atoms in total. The van der Waals surface area contributed by atoms with Crippen LogP contribution in [0.5, 0.6) is 0 Å². The van der Waals surface area contributed by atoms with Crippen LogP contribution in [-0.2, 0) is 13.7 Å². The summed E-state index contributed by atoms with van der Waals surface area (Å²) in [6, 6.07) is 0. The molecule has 0 atom stereocenters. The minimum Gasteiger partial charge on any atom is -0.469 e. The van der Waals surface area contributed by atoms with Crippen LogP contribution in [0.4, 0.5) is 0 Å². The Hall–Kier alpha value is -1.05. The molecule has 20 heavy (non-hydrogen) atoms. The van der Waals surface area contributed by atoms with E-state index >= 15 is 0 Å². The van der Waals surface area contributed by atoms with Crippen molar-refractivity contribution >= 4 is 24.2 Å². The highest BCUT2D eigenvalue weighted by atomic mass is 32.2. The SMILES string of the molecule is CN=C/C(SOC(C)(C)C(C)(C)O)=C(\N)CC(=O)OC. The third-order valence-electron chi connectivity index (χ3n) is 2.94. The van der Waals surface area contributed by atoms with Gasteiger partial charge in [0.05, 0.1) is 24.0 Å². The van der Waals surface area contributed by atoms with E-state index in [2.05, 4.69) is 9.73 Å². The summed E-state index contributed by atoms with van der Waals surface area (Å²) >= 11 is 0.978. The van der Waals surface area contributed by atoms with Gasteiger partial charge in [-0.25, -0.2) is 0 Å². The lowest BCUT2D eigenvalue weighted by Gasteiger charge is -2.36. The number of ether oxygens (including phenoxy) is 1. The molecule has 7 heteroatoms. The van der Waals surface area contributed by atoms with Gasteiger partial charge in [0.1, 0.15) is 5.60 Å². The first-order valence-corrected chi connectivity index (χ1v) is 6.85. The molecule has 0 rings (SSSR count). The van der Waals surface area contributed by atoms with Crippen molar-refractivity contribution in [3.8, 4) is 0 Å². The van der Waals surface area contributed by atoms with Gasteiger partial charge in [-0.1, -0.05) is 0 Å². The van der Waals surface area contributed by atoms with Gasteiger partial charge in [0, 0.05) is 31.0 Å².